The number of nitrogens with zero attached hydrogens (tertiary/aromatic N) is 4. The van der Waals surface area contributed by atoms with Gasteiger partial charge in [0.15, 0.2) is 6.23 Å². The first kappa shape index (κ1) is 16.0. The lowest BCUT2D eigenvalue weighted by molar-refractivity contribution is -0.384. The van der Waals surface area contributed by atoms with Crippen molar-refractivity contribution in [2.45, 2.75) is 25.5 Å². The molecule has 27 heavy (non-hydrogen) atoms. The summed E-state index contributed by atoms with van der Waals surface area (Å²) < 4.78 is 7.81. The predicted molar refractivity (Wildman–Crippen MR) is 100 cm³/mol. The first-order valence-corrected chi connectivity index (χ1v) is 8.92. The largest absolute Gasteiger partial charge is 0.356 e. The van der Waals surface area contributed by atoms with Crippen LogP contribution in [0.25, 0.3) is 33.3 Å². The van der Waals surface area contributed by atoms with Gasteiger partial charge in [0.1, 0.15) is 5.82 Å². The molecular weight excluding hydrogens is 346 g/mol. The molecule has 0 saturated carbocycles. The summed E-state index contributed by atoms with van der Waals surface area (Å²) in [4.78, 5) is 18.3. The molecule has 0 aliphatic carbocycles. The molecule has 3 heterocycles. The Hall–Kier alpha value is -3.26. The van der Waals surface area contributed by atoms with Crippen molar-refractivity contribution in [3.05, 3.63) is 52.7 Å². The molecule has 2 aromatic heterocycles. The smallest absolute Gasteiger partial charge is 0.271 e. The fourth-order valence-corrected chi connectivity index (χ4v) is 3.58. The monoisotopic (exact) mass is 363 g/mol. The fourth-order valence-electron chi connectivity index (χ4n) is 3.58. The number of non-ortho nitro benzene ring substituents is 1. The van der Waals surface area contributed by atoms with Gasteiger partial charge in [-0.3, -0.25) is 10.1 Å². The van der Waals surface area contributed by atoms with Crippen molar-refractivity contribution in [3.63, 3.8) is 0 Å². The Labute approximate surface area is 153 Å². The molecule has 1 atom stereocenters. The zero-order chi connectivity index (χ0) is 18.4. The number of nitrogens with one attached hydrogen (secondary N) is 1. The first-order valence-electron chi connectivity index (χ1n) is 8.92. The molecule has 4 aromatic rings. The lowest BCUT2D eigenvalue weighted by atomic mass is 10.1. The number of hydrogen-bond acceptors (Lipinski definition) is 5. The standard InChI is InChI=1S/C19H17N5O3/c25-24(26)14-6-7-15-16(10-14)22-19(21-15)12-4-5-13-11-20-23(17(13)9-12)18-3-1-2-8-27-18/h4-7,9-11,18H,1-3,8H2,(H,21,22). The summed E-state index contributed by atoms with van der Waals surface area (Å²) in [6.45, 7) is 0.758. The van der Waals surface area contributed by atoms with Crippen LogP contribution in [0.4, 0.5) is 5.69 Å². The first-order chi connectivity index (χ1) is 13.2. The van der Waals surface area contributed by atoms with Crippen LogP contribution in [-0.2, 0) is 4.74 Å². The molecule has 1 unspecified atom stereocenters. The van der Waals surface area contributed by atoms with E-state index in [4.69, 9.17) is 4.74 Å². The normalized spacial score (nSPS) is 17.6. The second-order valence-corrected chi connectivity index (χ2v) is 6.73. The van der Waals surface area contributed by atoms with Crippen LogP contribution in [-0.4, -0.2) is 31.3 Å². The summed E-state index contributed by atoms with van der Waals surface area (Å²) in [6.07, 6.45) is 4.99. The molecule has 5 rings (SSSR count). The highest BCUT2D eigenvalue weighted by Gasteiger charge is 2.19. The van der Waals surface area contributed by atoms with Crippen molar-refractivity contribution in [1.29, 1.82) is 0 Å². The van der Waals surface area contributed by atoms with E-state index in [0.29, 0.717) is 16.9 Å². The zero-order valence-electron chi connectivity index (χ0n) is 14.5. The highest BCUT2D eigenvalue weighted by molar-refractivity contribution is 5.86. The number of rotatable bonds is 3. The topological polar surface area (TPSA) is 98.9 Å². The van der Waals surface area contributed by atoms with E-state index in [-0.39, 0.29) is 11.9 Å². The molecule has 0 spiro atoms. The number of fused-ring (bicyclic) bond motifs is 2. The maximum Gasteiger partial charge on any atom is 0.271 e. The molecule has 8 heteroatoms. The van der Waals surface area contributed by atoms with Crippen molar-refractivity contribution in [2.75, 3.05) is 6.61 Å². The van der Waals surface area contributed by atoms with Gasteiger partial charge < -0.3 is 9.72 Å². The van der Waals surface area contributed by atoms with Crippen LogP contribution in [0.15, 0.2) is 42.6 Å². The molecule has 1 saturated heterocycles. The summed E-state index contributed by atoms with van der Waals surface area (Å²) in [5.74, 6) is 0.671. The lowest BCUT2D eigenvalue weighted by Gasteiger charge is -2.23. The Bertz CT molecular complexity index is 1160. The second kappa shape index (κ2) is 6.17. The van der Waals surface area contributed by atoms with Gasteiger partial charge in [0, 0.05) is 29.7 Å². The highest BCUT2D eigenvalue weighted by atomic mass is 16.6. The van der Waals surface area contributed by atoms with Crippen LogP contribution in [0.5, 0.6) is 0 Å². The molecule has 0 radical (unpaired) electrons. The van der Waals surface area contributed by atoms with Crippen molar-refractivity contribution in [3.8, 4) is 11.4 Å². The summed E-state index contributed by atoms with van der Waals surface area (Å²) in [7, 11) is 0. The molecule has 8 nitrogen and oxygen atoms in total. The number of nitro benzene ring substituents is 1. The van der Waals surface area contributed by atoms with E-state index in [2.05, 4.69) is 15.1 Å². The second-order valence-electron chi connectivity index (χ2n) is 6.73. The van der Waals surface area contributed by atoms with Gasteiger partial charge in [0.25, 0.3) is 5.69 Å². The molecule has 0 bridgehead atoms. The van der Waals surface area contributed by atoms with E-state index in [9.17, 15) is 10.1 Å². The number of H-pyrrole nitrogens is 1. The minimum Gasteiger partial charge on any atom is -0.356 e. The summed E-state index contributed by atoms with van der Waals surface area (Å²) >= 11 is 0. The van der Waals surface area contributed by atoms with Gasteiger partial charge in [-0.1, -0.05) is 12.1 Å². The number of imidazole rings is 1. The quantitative estimate of drug-likeness (QED) is 0.435. The molecule has 1 N–H and O–H groups in total. The number of nitro groups is 1. The van der Waals surface area contributed by atoms with Gasteiger partial charge in [-0.15, -0.1) is 0 Å². The highest BCUT2D eigenvalue weighted by Crippen LogP contribution is 2.30. The number of aromatic amines is 1. The lowest BCUT2D eigenvalue weighted by Crippen LogP contribution is -2.18. The van der Waals surface area contributed by atoms with Crippen molar-refractivity contribution in [1.82, 2.24) is 19.7 Å². The molecule has 0 amide bonds. The molecule has 1 aliphatic rings. The summed E-state index contributed by atoms with van der Waals surface area (Å²) in [5, 5.41) is 16.5. The van der Waals surface area contributed by atoms with Crippen LogP contribution in [0.1, 0.15) is 25.5 Å². The minimum atomic E-state index is -0.408. The van der Waals surface area contributed by atoms with Crippen LogP contribution in [0.3, 0.4) is 0 Å². The zero-order valence-corrected chi connectivity index (χ0v) is 14.5. The molecular formula is C19H17N5O3. The number of benzene rings is 2. The van der Waals surface area contributed by atoms with E-state index < -0.39 is 4.92 Å². The predicted octanol–water partition coefficient (Wildman–Crippen LogP) is 4.19. The number of ether oxygens (including phenoxy) is 1. The Morgan fingerprint density at radius 2 is 2.15 bits per heavy atom. The van der Waals surface area contributed by atoms with Crippen LogP contribution in [0.2, 0.25) is 0 Å². The van der Waals surface area contributed by atoms with Crippen LogP contribution < -0.4 is 0 Å². The van der Waals surface area contributed by atoms with E-state index in [1.807, 2.05) is 29.1 Å². The maximum absolute atomic E-state index is 11.0. The molecule has 136 valence electrons. The van der Waals surface area contributed by atoms with E-state index in [1.165, 1.54) is 12.1 Å². The number of aromatic nitrogens is 4. The molecule has 1 aliphatic heterocycles. The van der Waals surface area contributed by atoms with Gasteiger partial charge in [0.05, 0.1) is 27.7 Å². The summed E-state index contributed by atoms with van der Waals surface area (Å²) in [5.41, 5.74) is 3.27. The van der Waals surface area contributed by atoms with Gasteiger partial charge in [-0.25, -0.2) is 9.67 Å². The summed E-state index contributed by atoms with van der Waals surface area (Å²) in [6, 6.07) is 10.6. The van der Waals surface area contributed by atoms with Crippen molar-refractivity contribution >= 4 is 27.6 Å². The van der Waals surface area contributed by atoms with Gasteiger partial charge in [-0.2, -0.15) is 5.10 Å². The average molecular weight is 363 g/mol. The molecule has 1 fully saturated rings. The Kier molecular flexibility index (Phi) is 3.64. The van der Waals surface area contributed by atoms with Crippen molar-refractivity contribution < 1.29 is 9.66 Å². The third-order valence-electron chi connectivity index (χ3n) is 4.98. The van der Waals surface area contributed by atoms with E-state index >= 15 is 0 Å². The Morgan fingerprint density at radius 1 is 1.22 bits per heavy atom. The maximum atomic E-state index is 11.0. The van der Waals surface area contributed by atoms with Crippen LogP contribution in [0, 0.1) is 10.1 Å². The minimum absolute atomic E-state index is 0.0372. The third-order valence-corrected chi connectivity index (χ3v) is 4.98. The van der Waals surface area contributed by atoms with Crippen molar-refractivity contribution in [2.24, 2.45) is 0 Å². The Morgan fingerprint density at radius 3 is 2.96 bits per heavy atom. The van der Waals surface area contributed by atoms with Gasteiger partial charge >= 0.3 is 0 Å². The molecule has 2 aromatic carbocycles. The SMILES string of the molecule is O=[N+]([O-])c1ccc2nc(-c3ccc4cnn(C5CCCCO5)c4c3)[nH]c2c1. The average Bonchev–Trinajstić information content (AvgIpc) is 3.31. The van der Waals surface area contributed by atoms with Crippen LogP contribution >= 0.6 is 0 Å². The van der Waals surface area contributed by atoms with E-state index in [1.54, 1.807) is 6.07 Å². The fraction of sp³-hybridized carbons (Fsp3) is 0.263. The third kappa shape index (κ3) is 2.74. The number of hydrogen-bond donors (Lipinski definition) is 1. The Balaban J connectivity index is 1.58. The van der Waals surface area contributed by atoms with E-state index in [0.717, 1.165) is 42.3 Å². The van der Waals surface area contributed by atoms with Gasteiger partial charge in [-0.05, 0) is 31.4 Å². The van der Waals surface area contributed by atoms with Gasteiger partial charge in [0.2, 0.25) is 0 Å².